The highest BCUT2D eigenvalue weighted by Crippen LogP contribution is 2.33. The van der Waals surface area contributed by atoms with Crippen LogP contribution in [0.5, 0.6) is 5.75 Å². The highest BCUT2D eigenvalue weighted by Gasteiger charge is 2.20. The lowest BCUT2D eigenvalue weighted by molar-refractivity contribution is 0.0701. The summed E-state index contributed by atoms with van der Waals surface area (Å²) in [6, 6.07) is 25.7. The van der Waals surface area contributed by atoms with E-state index in [0.717, 1.165) is 27.6 Å². The number of carbonyl (C=O) groups is 2. The second-order valence-corrected chi connectivity index (χ2v) is 7.84. The van der Waals surface area contributed by atoms with Crippen molar-refractivity contribution in [3.63, 3.8) is 0 Å². The number of aromatic nitrogens is 1. The van der Waals surface area contributed by atoms with Crippen molar-refractivity contribution in [3.8, 4) is 16.9 Å². The first kappa shape index (κ1) is 21.9. The number of hydrogen-bond donors (Lipinski definition) is 2. The van der Waals surface area contributed by atoms with E-state index in [4.69, 9.17) is 9.15 Å². The Morgan fingerprint density at radius 2 is 1.74 bits per heavy atom. The maximum atomic E-state index is 13.2. The summed E-state index contributed by atoms with van der Waals surface area (Å²) in [5, 5.41) is 5.08. The predicted octanol–water partition coefficient (Wildman–Crippen LogP) is 5.72. The second-order valence-electron chi connectivity index (χ2n) is 7.84. The van der Waals surface area contributed by atoms with E-state index in [1.165, 1.54) is 18.5 Å². The third-order valence-corrected chi connectivity index (χ3v) is 5.55. The van der Waals surface area contributed by atoms with Crippen LogP contribution in [-0.2, 0) is 0 Å². The first-order valence-corrected chi connectivity index (χ1v) is 11.0. The number of nitrogens with one attached hydrogen (secondary N) is 2. The molecule has 0 saturated heterocycles. The van der Waals surface area contributed by atoms with Gasteiger partial charge in [-0.25, -0.2) is 10.2 Å². The van der Waals surface area contributed by atoms with Crippen LogP contribution < -0.4 is 10.2 Å². The van der Waals surface area contributed by atoms with Crippen LogP contribution in [0.2, 0.25) is 0 Å². The summed E-state index contributed by atoms with van der Waals surface area (Å²) in [4.78, 5) is 28.7. The Labute approximate surface area is 201 Å². The zero-order chi connectivity index (χ0) is 24.2. The smallest absolute Gasteiger partial charge is 0.379 e. The monoisotopic (exact) mass is 463 g/mol. The van der Waals surface area contributed by atoms with Crippen LogP contribution in [0, 0.1) is 6.92 Å². The standard InChI is InChI=1S/C28H21N3O4/c1-18-9-7-13-21-24(19-10-3-2-4-11-19)26(30-25(18)21)27(32)31-29-17-20-12-5-6-14-22(20)35-28(33)23-15-8-16-34-23/h2-17,30H,1H3,(H,31,32). The molecule has 5 rings (SSSR count). The van der Waals surface area contributed by atoms with E-state index in [9.17, 15) is 9.59 Å². The molecule has 0 radical (unpaired) electrons. The van der Waals surface area contributed by atoms with Crippen molar-refractivity contribution in [3.05, 3.63) is 114 Å². The molecule has 2 N–H and O–H groups in total. The fourth-order valence-corrected chi connectivity index (χ4v) is 3.88. The zero-order valence-corrected chi connectivity index (χ0v) is 18.8. The van der Waals surface area contributed by atoms with Crippen LogP contribution in [0.4, 0.5) is 0 Å². The number of hydrazone groups is 1. The number of fused-ring (bicyclic) bond motifs is 1. The third-order valence-electron chi connectivity index (χ3n) is 5.55. The van der Waals surface area contributed by atoms with Gasteiger partial charge in [-0.05, 0) is 42.3 Å². The summed E-state index contributed by atoms with van der Waals surface area (Å²) in [5.41, 5.74) is 7.19. The number of esters is 1. The number of benzene rings is 3. The molecule has 2 aromatic heterocycles. The van der Waals surface area contributed by atoms with Gasteiger partial charge in [0.25, 0.3) is 5.91 Å². The number of aromatic amines is 1. The summed E-state index contributed by atoms with van der Waals surface area (Å²) in [7, 11) is 0. The van der Waals surface area contributed by atoms with Gasteiger partial charge in [-0.2, -0.15) is 5.10 Å². The molecule has 2 heterocycles. The van der Waals surface area contributed by atoms with E-state index in [0.29, 0.717) is 11.3 Å². The minimum Gasteiger partial charge on any atom is -0.457 e. The maximum absolute atomic E-state index is 13.2. The van der Waals surface area contributed by atoms with Crippen molar-refractivity contribution >= 4 is 29.0 Å². The molecule has 3 aromatic carbocycles. The van der Waals surface area contributed by atoms with Crippen molar-refractivity contribution in [2.45, 2.75) is 6.92 Å². The van der Waals surface area contributed by atoms with E-state index >= 15 is 0 Å². The van der Waals surface area contributed by atoms with Crippen LogP contribution in [-0.4, -0.2) is 23.1 Å². The molecule has 0 saturated carbocycles. The number of H-pyrrole nitrogens is 1. The Morgan fingerprint density at radius 1 is 0.943 bits per heavy atom. The Kier molecular flexibility index (Phi) is 5.96. The fraction of sp³-hybridized carbons (Fsp3) is 0.0357. The molecule has 0 aliphatic heterocycles. The van der Waals surface area contributed by atoms with E-state index in [1.54, 1.807) is 30.3 Å². The average molecular weight is 463 g/mol. The number of rotatable bonds is 6. The molecule has 0 atom stereocenters. The molecule has 0 spiro atoms. The SMILES string of the molecule is Cc1cccc2c(-c3ccccc3)c(C(=O)NN=Cc3ccccc3OC(=O)c3ccco3)[nH]c12. The molecule has 0 fully saturated rings. The molecule has 5 aromatic rings. The topological polar surface area (TPSA) is 96.7 Å². The maximum Gasteiger partial charge on any atom is 0.379 e. The Hall–Kier alpha value is -4.91. The number of hydrogen-bond acceptors (Lipinski definition) is 5. The van der Waals surface area contributed by atoms with Crippen LogP contribution in [0.25, 0.3) is 22.0 Å². The van der Waals surface area contributed by atoms with E-state index in [1.807, 2.05) is 55.5 Å². The molecule has 35 heavy (non-hydrogen) atoms. The van der Waals surface area contributed by atoms with Crippen molar-refractivity contribution in [2.75, 3.05) is 0 Å². The first-order valence-electron chi connectivity index (χ1n) is 11.0. The van der Waals surface area contributed by atoms with E-state index < -0.39 is 5.97 Å². The summed E-state index contributed by atoms with van der Waals surface area (Å²) < 4.78 is 10.5. The summed E-state index contributed by atoms with van der Waals surface area (Å²) in [6.45, 7) is 1.99. The Bertz CT molecular complexity index is 1530. The van der Waals surface area contributed by atoms with Gasteiger partial charge in [0.15, 0.2) is 0 Å². The minimum atomic E-state index is -0.624. The van der Waals surface area contributed by atoms with Gasteiger partial charge >= 0.3 is 5.97 Å². The zero-order valence-electron chi connectivity index (χ0n) is 18.8. The molecule has 0 aliphatic rings. The summed E-state index contributed by atoms with van der Waals surface area (Å²) in [6.07, 6.45) is 2.83. The van der Waals surface area contributed by atoms with Gasteiger partial charge in [0.1, 0.15) is 11.4 Å². The molecule has 172 valence electrons. The van der Waals surface area contributed by atoms with Crippen LogP contribution in [0.3, 0.4) is 0 Å². The third kappa shape index (κ3) is 4.47. The van der Waals surface area contributed by atoms with Gasteiger partial charge in [0, 0.05) is 22.0 Å². The normalized spacial score (nSPS) is 11.1. The average Bonchev–Trinajstić information content (AvgIpc) is 3.55. The van der Waals surface area contributed by atoms with Crippen molar-refractivity contribution in [1.82, 2.24) is 10.4 Å². The quantitative estimate of drug-likeness (QED) is 0.146. The van der Waals surface area contributed by atoms with Gasteiger partial charge in [0.2, 0.25) is 5.76 Å². The van der Waals surface area contributed by atoms with Crippen LogP contribution in [0.15, 0.2) is 101 Å². The van der Waals surface area contributed by atoms with Gasteiger partial charge in [-0.1, -0.05) is 60.7 Å². The molecule has 1 amide bonds. The van der Waals surface area contributed by atoms with Crippen molar-refractivity contribution in [1.29, 1.82) is 0 Å². The van der Waals surface area contributed by atoms with E-state index in [-0.39, 0.29) is 17.4 Å². The molecule has 7 nitrogen and oxygen atoms in total. The van der Waals surface area contributed by atoms with Gasteiger partial charge in [0.05, 0.1) is 12.5 Å². The number of para-hydroxylation sites is 2. The second kappa shape index (κ2) is 9.52. The van der Waals surface area contributed by atoms with Crippen LogP contribution in [0.1, 0.15) is 32.2 Å². The van der Waals surface area contributed by atoms with Crippen molar-refractivity contribution in [2.24, 2.45) is 5.10 Å². The number of aryl methyl sites for hydroxylation is 1. The number of nitrogens with zero attached hydrogens (tertiary/aromatic N) is 1. The van der Waals surface area contributed by atoms with Crippen molar-refractivity contribution < 1.29 is 18.7 Å². The number of furan rings is 1. The number of carbonyl (C=O) groups excluding carboxylic acids is 2. The number of amides is 1. The lowest BCUT2D eigenvalue weighted by Crippen LogP contribution is -2.19. The number of ether oxygens (including phenoxy) is 1. The lowest BCUT2D eigenvalue weighted by Gasteiger charge is -2.06. The molecule has 0 aliphatic carbocycles. The van der Waals surface area contributed by atoms with Gasteiger partial charge < -0.3 is 14.1 Å². The summed E-state index contributed by atoms with van der Waals surface area (Å²) >= 11 is 0. The van der Waals surface area contributed by atoms with E-state index in [2.05, 4.69) is 15.5 Å². The highest BCUT2D eigenvalue weighted by molar-refractivity contribution is 6.10. The molecule has 0 unspecified atom stereocenters. The first-order chi connectivity index (χ1) is 17.1. The van der Waals surface area contributed by atoms with Crippen LogP contribution >= 0.6 is 0 Å². The molecule has 7 heteroatoms. The van der Waals surface area contributed by atoms with Gasteiger partial charge in [-0.3, -0.25) is 4.79 Å². The lowest BCUT2D eigenvalue weighted by atomic mass is 10.0. The van der Waals surface area contributed by atoms with Gasteiger partial charge in [-0.15, -0.1) is 0 Å². The predicted molar refractivity (Wildman–Crippen MR) is 134 cm³/mol. The highest BCUT2D eigenvalue weighted by atomic mass is 16.5. The summed E-state index contributed by atoms with van der Waals surface area (Å²) in [5.74, 6) is -0.632. The Balaban J connectivity index is 1.41. The molecule has 0 bridgehead atoms. The minimum absolute atomic E-state index is 0.0904. The Morgan fingerprint density at radius 3 is 2.54 bits per heavy atom. The molecular formula is C28H21N3O4. The fourth-order valence-electron chi connectivity index (χ4n) is 3.88. The molecular weight excluding hydrogens is 442 g/mol. The largest absolute Gasteiger partial charge is 0.457 e.